The predicted molar refractivity (Wildman–Crippen MR) is 48.5 cm³/mol. The van der Waals surface area contributed by atoms with Gasteiger partial charge in [-0.25, -0.2) is 0 Å². The molecule has 0 amide bonds. The Balaban J connectivity index is 4.08. The number of nitrogens with zero attached hydrogens (tertiary/aromatic N) is 1. The summed E-state index contributed by atoms with van der Waals surface area (Å²) in [5.74, 6) is 0.329. The summed E-state index contributed by atoms with van der Waals surface area (Å²) in [6.07, 6.45) is 2.14. The largest absolute Gasteiger partial charge is 0.299 e. The van der Waals surface area contributed by atoms with Gasteiger partial charge in [-0.05, 0) is 12.8 Å². The first-order chi connectivity index (χ1) is 5.67. The Bertz CT molecular complexity index is 177. The van der Waals surface area contributed by atoms with E-state index in [0.717, 1.165) is 12.8 Å². The first-order valence-electron chi connectivity index (χ1n) is 4.57. The highest BCUT2D eigenvalue weighted by molar-refractivity contribution is 5.83. The SMILES string of the molecule is CCC(CC)C(=O)C(C)CC#N. The second kappa shape index (κ2) is 5.77. The molecule has 0 aromatic heterocycles. The summed E-state index contributed by atoms with van der Waals surface area (Å²) in [5, 5.41) is 8.41. The molecule has 0 saturated heterocycles. The van der Waals surface area contributed by atoms with Gasteiger partial charge in [-0.15, -0.1) is 0 Å². The summed E-state index contributed by atoms with van der Waals surface area (Å²) in [7, 11) is 0. The number of nitriles is 1. The van der Waals surface area contributed by atoms with Crippen LogP contribution in [-0.2, 0) is 4.79 Å². The van der Waals surface area contributed by atoms with Crippen LogP contribution in [-0.4, -0.2) is 5.78 Å². The van der Waals surface area contributed by atoms with E-state index in [0.29, 0.717) is 6.42 Å². The van der Waals surface area contributed by atoms with Crippen molar-refractivity contribution in [3.05, 3.63) is 0 Å². The fourth-order valence-electron chi connectivity index (χ4n) is 1.33. The van der Waals surface area contributed by atoms with Crippen molar-refractivity contribution >= 4 is 5.78 Å². The maximum Gasteiger partial charge on any atom is 0.139 e. The van der Waals surface area contributed by atoms with Crippen molar-refractivity contribution in [1.29, 1.82) is 5.26 Å². The summed E-state index contributed by atoms with van der Waals surface area (Å²) in [6.45, 7) is 5.88. The molecule has 68 valence electrons. The monoisotopic (exact) mass is 167 g/mol. The van der Waals surface area contributed by atoms with Crippen LogP contribution in [0.15, 0.2) is 0 Å². The molecule has 0 N–H and O–H groups in total. The standard InChI is InChI=1S/C10H17NO/c1-4-9(5-2)10(12)8(3)6-7-11/h8-9H,4-6H2,1-3H3. The molecule has 0 aromatic carbocycles. The second-order valence-corrected chi connectivity index (χ2v) is 3.18. The van der Waals surface area contributed by atoms with E-state index in [4.69, 9.17) is 5.26 Å². The zero-order chi connectivity index (χ0) is 9.56. The van der Waals surface area contributed by atoms with E-state index in [-0.39, 0.29) is 17.6 Å². The lowest BCUT2D eigenvalue weighted by Crippen LogP contribution is -2.20. The van der Waals surface area contributed by atoms with E-state index < -0.39 is 0 Å². The van der Waals surface area contributed by atoms with Gasteiger partial charge in [-0.3, -0.25) is 4.79 Å². The average molecular weight is 167 g/mol. The van der Waals surface area contributed by atoms with Gasteiger partial charge in [-0.2, -0.15) is 5.26 Å². The molecule has 0 bridgehead atoms. The van der Waals surface area contributed by atoms with Gasteiger partial charge >= 0.3 is 0 Å². The van der Waals surface area contributed by atoms with Gasteiger partial charge in [0.1, 0.15) is 5.78 Å². The number of rotatable bonds is 5. The van der Waals surface area contributed by atoms with Crippen LogP contribution >= 0.6 is 0 Å². The lowest BCUT2D eigenvalue weighted by Gasteiger charge is -2.14. The Morgan fingerprint density at radius 1 is 1.42 bits per heavy atom. The van der Waals surface area contributed by atoms with E-state index in [9.17, 15) is 4.79 Å². The molecular formula is C10H17NO. The minimum absolute atomic E-state index is 0.0834. The third kappa shape index (κ3) is 3.04. The van der Waals surface area contributed by atoms with Crippen molar-refractivity contribution in [1.82, 2.24) is 0 Å². The topological polar surface area (TPSA) is 40.9 Å². The summed E-state index contributed by atoms with van der Waals surface area (Å²) in [4.78, 5) is 11.5. The minimum atomic E-state index is -0.0834. The van der Waals surface area contributed by atoms with Crippen molar-refractivity contribution in [3.8, 4) is 6.07 Å². The summed E-state index contributed by atoms with van der Waals surface area (Å²) in [6, 6.07) is 2.03. The maximum atomic E-state index is 11.5. The highest BCUT2D eigenvalue weighted by Crippen LogP contribution is 2.16. The molecule has 0 aromatic rings. The first kappa shape index (κ1) is 11.2. The third-order valence-corrected chi connectivity index (χ3v) is 2.27. The van der Waals surface area contributed by atoms with Crippen molar-refractivity contribution in [3.63, 3.8) is 0 Å². The number of hydrogen-bond acceptors (Lipinski definition) is 2. The van der Waals surface area contributed by atoms with Gasteiger partial charge in [0.15, 0.2) is 0 Å². The summed E-state index contributed by atoms with van der Waals surface area (Å²) >= 11 is 0. The molecule has 0 fully saturated rings. The van der Waals surface area contributed by atoms with Crippen LogP contribution in [0.5, 0.6) is 0 Å². The second-order valence-electron chi connectivity index (χ2n) is 3.18. The molecule has 0 aliphatic rings. The number of carbonyl (C=O) groups is 1. The first-order valence-corrected chi connectivity index (χ1v) is 4.57. The lowest BCUT2D eigenvalue weighted by atomic mass is 9.89. The Kier molecular flexibility index (Phi) is 5.36. The van der Waals surface area contributed by atoms with Crippen LogP contribution in [0.4, 0.5) is 0 Å². The van der Waals surface area contributed by atoms with Crippen molar-refractivity contribution in [2.75, 3.05) is 0 Å². The maximum absolute atomic E-state index is 11.5. The molecule has 12 heavy (non-hydrogen) atoms. The molecule has 2 nitrogen and oxygen atoms in total. The Labute approximate surface area is 74.6 Å². The molecule has 1 unspecified atom stereocenters. The minimum Gasteiger partial charge on any atom is -0.299 e. The number of Topliss-reactive ketones (excluding diaryl/α,β-unsaturated/α-hetero) is 1. The van der Waals surface area contributed by atoms with E-state index in [1.165, 1.54) is 0 Å². The molecule has 0 aliphatic carbocycles. The van der Waals surface area contributed by atoms with E-state index in [2.05, 4.69) is 0 Å². The smallest absolute Gasteiger partial charge is 0.139 e. The van der Waals surface area contributed by atoms with Gasteiger partial charge < -0.3 is 0 Å². The third-order valence-electron chi connectivity index (χ3n) is 2.27. The highest BCUT2D eigenvalue weighted by Gasteiger charge is 2.20. The van der Waals surface area contributed by atoms with Gasteiger partial charge in [0.25, 0.3) is 0 Å². The van der Waals surface area contributed by atoms with E-state index in [1.807, 2.05) is 26.8 Å². The lowest BCUT2D eigenvalue weighted by molar-refractivity contribution is -0.126. The Morgan fingerprint density at radius 2 is 1.92 bits per heavy atom. The van der Waals surface area contributed by atoms with Crippen molar-refractivity contribution < 1.29 is 4.79 Å². The van der Waals surface area contributed by atoms with E-state index in [1.54, 1.807) is 0 Å². The van der Waals surface area contributed by atoms with Gasteiger partial charge in [0.2, 0.25) is 0 Å². The van der Waals surface area contributed by atoms with Gasteiger partial charge in [-0.1, -0.05) is 20.8 Å². The predicted octanol–water partition coefficient (Wildman–Crippen LogP) is 2.54. The fraction of sp³-hybridized carbons (Fsp3) is 0.800. The number of carbonyl (C=O) groups excluding carboxylic acids is 1. The van der Waals surface area contributed by atoms with E-state index >= 15 is 0 Å². The average Bonchev–Trinajstić information content (AvgIpc) is 2.07. The molecule has 0 spiro atoms. The van der Waals surface area contributed by atoms with Gasteiger partial charge in [0.05, 0.1) is 6.07 Å². The van der Waals surface area contributed by atoms with Crippen molar-refractivity contribution in [2.45, 2.75) is 40.0 Å². The quantitative estimate of drug-likeness (QED) is 0.631. The zero-order valence-corrected chi connectivity index (χ0v) is 8.13. The fourth-order valence-corrected chi connectivity index (χ4v) is 1.33. The normalized spacial score (nSPS) is 12.6. The zero-order valence-electron chi connectivity index (χ0n) is 8.13. The molecule has 0 aliphatic heterocycles. The Hall–Kier alpha value is -0.840. The van der Waals surface area contributed by atoms with Crippen molar-refractivity contribution in [2.24, 2.45) is 11.8 Å². The molecule has 2 heteroatoms. The van der Waals surface area contributed by atoms with Crippen LogP contribution in [0.3, 0.4) is 0 Å². The molecule has 1 atom stereocenters. The van der Waals surface area contributed by atoms with Crippen LogP contribution in [0.2, 0.25) is 0 Å². The molecule has 0 rings (SSSR count). The van der Waals surface area contributed by atoms with Gasteiger partial charge in [0, 0.05) is 18.3 Å². The highest BCUT2D eigenvalue weighted by atomic mass is 16.1. The van der Waals surface area contributed by atoms with Crippen LogP contribution in [0.25, 0.3) is 0 Å². The molecule has 0 radical (unpaired) electrons. The number of ketones is 1. The Morgan fingerprint density at radius 3 is 2.25 bits per heavy atom. The molecule has 0 heterocycles. The summed E-state index contributed by atoms with van der Waals surface area (Å²) < 4.78 is 0. The van der Waals surface area contributed by atoms with Crippen LogP contribution in [0, 0.1) is 23.2 Å². The summed E-state index contributed by atoms with van der Waals surface area (Å²) in [5.41, 5.74) is 0. The molecular weight excluding hydrogens is 150 g/mol. The molecule has 0 saturated carbocycles. The van der Waals surface area contributed by atoms with Crippen LogP contribution in [0.1, 0.15) is 40.0 Å². The van der Waals surface area contributed by atoms with Crippen LogP contribution < -0.4 is 0 Å². The number of hydrogen-bond donors (Lipinski definition) is 0.